The minimum atomic E-state index is -0.719. The second-order valence-electron chi connectivity index (χ2n) is 9.89. The van der Waals surface area contributed by atoms with Gasteiger partial charge in [0.15, 0.2) is 6.29 Å². The zero-order chi connectivity index (χ0) is 27.6. The van der Waals surface area contributed by atoms with Crippen molar-refractivity contribution in [1.29, 1.82) is 0 Å². The van der Waals surface area contributed by atoms with E-state index in [2.05, 4.69) is 11.9 Å². The molecule has 1 saturated heterocycles. The number of hydrogen-bond donors (Lipinski definition) is 1. The number of pyridine rings is 1. The zero-order valence-electron chi connectivity index (χ0n) is 21.8. The molecule has 4 atom stereocenters. The van der Waals surface area contributed by atoms with Crippen molar-refractivity contribution in [3.8, 4) is 0 Å². The molecule has 2 amide bonds. The summed E-state index contributed by atoms with van der Waals surface area (Å²) in [6.45, 7) is 2.08. The highest BCUT2D eigenvalue weighted by Crippen LogP contribution is 2.43. The molecule has 6 rings (SSSR count). The number of carbonyl (C=O) groups excluding carboxylic acids is 2. The topological polar surface area (TPSA) is 89.0 Å². The van der Waals surface area contributed by atoms with Crippen LogP contribution in [0.1, 0.15) is 56.7 Å². The maximum absolute atomic E-state index is 13.1. The Labute approximate surface area is 236 Å². The SMILES string of the molecule is C[C@H]1[C@@H](CSc2ccccn2)O[C@@H](c2cccc(N3C(=O)c4ccccc4C3=O)c2)O[C@H]1c1ccc(CO)cc1. The number of thioether (sulfide) groups is 1. The van der Waals surface area contributed by atoms with Crippen LogP contribution in [0.2, 0.25) is 0 Å². The molecule has 0 bridgehead atoms. The molecule has 40 heavy (non-hydrogen) atoms. The molecule has 7 nitrogen and oxygen atoms in total. The highest BCUT2D eigenvalue weighted by atomic mass is 32.2. The van der Waals surface area contributed by atoms with Crippen LogP contribution in [-0.2, 0) is 16.1 Å². The quantitative estimate of drug-likeness (QED) is 0.224. The Kier molecular flexibility index (Phi) is 7.49. The molecule has 0 saturated carbocycles. The third-order valence-electron chi connectivity index (χ3n) is 7.35. The number of rotatable bonds is 7. The van der Waals surface area contributed by atoms with E-state index >= 15 is 0 Å². The van der Waals surface area contributed by atoms with Crippen molar-refractivity contribution < 1.29 is 24.2 Å². The molecule has 2 aliphatic rings. The fraction of sp³-hybridized carbons (Fsp3) is 0.219. The lowest BCUT2D eigenvalue weighted by Gasteiger charge is -2.41. The number of anilines is 1. The molecule has 2 aliphatic heterocycles. The first-order valence-corrected chi connectivity index (χ1v) is 14.1. The molecule has 0 spiro atoms. The van der Waals surface area contributed by atoms with Crippen molar-refractivity contribution in [3.05, 3.63) is 125 Å². The maximum Gasteiger partial charge on any atom is 0.266 e. The molecule has 0 radical (unpaired) electrons. The van der Waals surface area contributed by atoms with Gasteiger partial charge in [-0.05, 0) is 47.5 Å². The molecule has 1 aromatic heterocycles. The summed E-state index contributed by atoms with van der Waals surface area (Å²) in [6, 6.07) is 27.7. The van der Waals surface area contributed by atoms with E-state index in [4.69, 9.17) is 9.47 Å². The molecule has 202 valence electrons. The van der Waals surface area contributed by atoms with Crippen molar-refractivity contribution in [3.63, 3.8) is 0 Å². The van der Waals surface area contributed by atoms with Crippen LogP contribution in [0, 0.1) is 5.92 Å². The number of aliphatic hydroxyl groups excluding tert-OH is 1. The summed E-state index contributed by atoms with van der Waals surface area (Å²) in [6.07, 6.45) is 0.610. The third kappa shape index (κ3) is 5.07. The fourth-order valence-electron chi connectivity index (χ4n) is 5.14. The second kappa shape index (κ2) is 11.3. The molecular weight excluding hydrogens is 524 g/mol. The van der Waals surface area contributed by atoms with E-state index in [9.17, 15) is 14.7 Å². The van der Waals surface area contributed by atoms with Gasteiger partial charge in [0.05, 0.1) is 40.7 Å². The van der Waals surface area contributed by atoms with Crippen molar-refractivity contribution in [2.24, 2.45) is 5.92 Å². The lowest BCUT2D eigenvalue weighted by Crippen LogP contribution is -2.38. The van der Waals surface area contributed by atoms with Gasteiger partial charge in [0.1, 0.15) is 0 Å². The van der Waals surface area contributed by atoms with Crippen molar-refractivity contribution >= 4 is 29.3 Å². The van der Waals surface area contributed by atoms with Gasteiger partial charge in [0, 0.05) is 23.4 Å². The second-order valence-corrected chi connectivity index (χ2v) is 10.9. The summed E-state index contributed by atoms with van der Waals surface area (Å²) in [4.78, 5) is 31.9. The molecule has 1 fully saturated rings. The number of hydrogen-bond acceptors (Lipinski definition) is 7. The summed E-state index contributed by atoms with van der Waals surface area (Å²) in [5.41, 5.74) is 3.80. The number of benzene rings is 3. The molecule has 4 aromatic rings. The van der Waals surface area contributed by atoms with Crippen molar-refractivity contribution in [2.45, 2.75) is 37.1 Å². The first kappa shape index (κ1) is 26.4. The average Bonchev–Trinajstić information content (AvgIpc) is 3.26. The van der Waals surface area contributed by atoms with E-state index in [1.54, 1.807) is 54.4 Å². The van der Waals surface area contributed by atoms with E-state index in [1.165, 1.54) is 4.90 Å². The fourth-order valence-corrected chi connectivity index (χ4v) is 6.17. The highest BCUT2D eigenvalue weighted by molar-refractivity contribution is 7.99. The van der Waals surface area contributed by atoms with Gasteiger partial charge >= 0.3 is 0 Å². The number of nitrogens with zero attached hydrogens (tertiary/aromatic N) is 2. The minimum Gasteiger partial charge on any atom is -0.392 e. The maximum atomic E-state index is 13.1. The largest absolute Gasteiger partial charge is 0.392 e. The summed E-state index contributed by atoms with van der Waals surface area (Å²) < 4.78 is 13.1. The van der Waals surface area contributed by atoms with Gasteiger partial charge in [-0.3, -0.25) is 9.59 Å². The molecule has 3 aromatic carbocycles. The molecular formula is C32H28N2O5S. The summed E-state index contributed by atoms with van der Waals surface area (Å²) >= 11 is 1.63. The Morgan fingerprint density at radius 2 is 1.57 bits per heavy atom. The van der Waals surface area contributed by atoms with Crippen LogP contribution in [0.15, 0.2) is 102 Å². The Morgan fingerprint density at radius 1 is 0.850 bits per heavy atom. The summed E-state index contributed by atoms with van der Waals surface area (Å²) in [5, 5.41) is 10.4. The van der Waals surface area contributed by atoms with Crippen LogP contribution in [0.25, 0.3) is 0 Å². The highest BCUT2D eigenvalue weighted by Gasteiger charge is 2.40. The van der Waals surface area contributed by atoms with Gasteiger partial charge in [-0.15, -0.1) is 11.8 Å². The average molecular weight is 553 g/mol. The molecule has 0 aliphatic carbocycles. The number of ether oxygens (including phenoxy) is 2. The van der Waals surface area contributed by atoms with E-state index in [1.807, 2.05) is 54.6 Å². The predicted molar refractivity (Wildman–Crippen MR) is 152 cm³/mol. The molecule has 1 N–H and O–H groups in total. The summed E-state index contributed by atoms with van der Waals surface area (Å²) in [5.74, 6) is -0.00000302. The van der Waals surface area contributed by atoms with Crippen LogP contribution < -0.4 is 4.90 Å². The lowest BCUT2D eigenvalue weighted by atomic mass is 9.91. The Bertz CT molecular complexity index is 1490. The number of amides is 2. The normalized spacial score (nSPS) is 22.4. The number of aliphatic hydroxyl groups is 1. The molecule has 8 heteroatoms. The zero-order valence-corrected chi connectivity index (χ0v) is 22.7. The number of fused-ring (bicyclic) bond motifs is 1. The van der Waals surface area contributed by atoms with Gasteiger partial charge in [-0.1, -0.05) is 61.5 Å². The first-order valence-electron chi connectivity index (χ1n) is 13.2. The van der Waals surface area contributed by atoms with Crippen LogP contribution in [-0.4, -0.2) is 33.8 Å². The van der Waals surface area contributed by atoms with Gasteiger partial charge in [0.25, 0.3) is 11.8 Å². The van der Waals surface area contributed by atoms with Crippen LogP contribution in [0.3, 0.4) is 0 Å². The van der Waals surface area contributed by atoms with Crippen LogP contribution in [0.5, 0.6) is 0 Å². The van der Waals surface area contributed by atoms with Crippen LogP contribution >= 0.6 is 11.8 Å². The van der Waals surface area contributed by atoms with Gasteiger partial charge in [-0.25, -0.2) is 9.88 Å². The molecule has 0 unspecified atom stereocenters. The Hall–Kier alpha value is -3.82. The monoisotopic (exact) mass is 552 g/mol. The van der Waals surface area contributed by atoms with Crippen LogP contribution in [0.4, 0.5) is 5.69 Å². The van der Waals surface area contributed by atoms with E-state index in [0.29, 0.717) is 28.1 Å². The smallest absolute Gasteiger partial charge is 0.266 e. The van der Waals surface area contributed by atoms with E-state index in [-0.39, 0.29) is 36.5 Å². The van der Waals surface area contributed by atoms with Gasteiger partial charge < -0.3 is 14.6 Å². The van der Waals surface area contributed by atoms with Gasteiger partial charge in [-0.2, -0.15) is 0 Å². The van der Waals surface area contributed by atoms with Crippen molar-refractivity contribution in [2.75, 3.05) is 10.7 Å². The predicted octanol–water partition coefficient (Wildman–Crippen LogP) is 5.96. The Morgan fingerprint density at radius 3 is 2.25 bits per heavy atom. The van der Waals surface area contributed by atoms with E-state index < -0.39 is 6.29 Å². The van der Waals surface area contributed by atoms with E-state index in [0.717, 1.165) is 16.2 Å². The summed E-state index contributed by atoms with van der Waals surface area (Å²) in [7, 11) is 0. The number of aromatic nitrogens is 1. The lowest BCUT2D eigenvalue weighted by molar-refractivity contribution is -0.268. The minimum absolute atomic E-state index is 0.0202. The first-order chi connectivity index (χ1) is 19.5. The number of carbonyl (C=O) groups is 2. The Balaban J connectivity index is 1.30. The number of imide groups is 1. The third-order valence-corrected chi connectivity index (χ3v) is 8.38. The standard InChI is InChI=1S/C32H28N2O5S/c1-20-27(19-40-28-11-4-5-16-33-28)38-32(39-29(20)22-14-12-21(18-35)13-15-22)23-7-6-8-24(17-23)34-30(36)25-9-2-3-10-26(25)31(34)37/h2-17,20,27,29,32,35H,18-19H2,1H3/t20-,27+,29+,32+/m0/s1. The molecule has 3 heterocycles. The van der Waals surface area contributed by atoms with Crippen molar-refractivity contribution in [1.82, 2.24) is 4.98 Å². The van der Waals surface area contributed by atoms with Gasteiger partial charge in [0.2, 0.25) is 0 Å².